The summed E-state index contributed by atoms with van der Waals surface area (Å²) in [5, 5.41) is 5.80. The SMILES string of the molecule is CCNCCNC(=O)c1cccc(S(C)(=O)=O)c1. The molecule has 0 spiro atoms. The maximum Gasteiger partial charge on any atom is 0.251 e. The van der Waals surface area contributed by atoms with Crippen LogP contribution in [0, 0.1) is 0 Å². The first kappa shape index (κ1) is 14.7. The van der Waals surface area contributed by atoms with Crippen LogP contribution in [-0.2, 0) is 9.84 Å². The molecule has 1 aromatic rings. The lowest BCUT2D eigenvalue weighted by molar-refractivity contribution is 0.0953. The van der Waals surface area contributed by atoms with E-state index in [2.05, 4.69) is 10.6 Å². The van der Waals surface area contributed by atoms with Gasteiger partial charge in [0.25, 0.3) is 5.91 Å². The fourth-order valence-electron chi connectivity index (χ4n) is 1.41. The molecule has 0 atom stereocenters. The van der Waals surface area contributed by atoms with Gasteiger partial charge in [-0.05, 0) is 24.7 Å². The van der Waals surface area contributed by atoms with Gasteiger partial charge < -0.3 is 10.6 Å². The molecule has 0 radical (unpaired) electrons. The van der Waals surface area contributed by atoms with Crippen molar-refractivity contribution in [2.24, 2.45) is 0 Å². The van der Waals surface area contributed by atoms with Crippen LogP contribution in [0.2, 0.25) is 0 Å². The van der Waals surface area contributed by atoms with Gasteiger partial charge in [0, 0.05) is 24.9 Å². The number of sulfone groups is 1. The van der Waals surface area contributed by atoms with E-state index in [-0.39, 0.29) is 10.8 Å². The van der Waals surface area contributed by atoms with Crippen LogP contribution >= 0.6 is 0 Å². The zero-order chi connectivity index (χ0) is 13.6. The van der Waals surface area contributed by atoms with Gasteiger partial charge >= 0.3 is 0 Å². The number of hydrogen-bond acceptors (Lipinski definition) is 4. The molecule has 0 unspecified atom stereocenters. The molecule has 0 aliphatic carbocycles. The zero-order valence-electron chi connectivity index (χ0n) is 10.6. The molecule has 0 aliphatic rings. The lowest BCUT2D eigenvalue weighted by atomic mass is 10.2. The number of amides is 1. The standard InChI is InChI=1S/C12H18N2O3S/c1-3-13-7-8-14-12(15)10-5-4-6-11(9-10)18(2,16)17/h4-6,9,13H,3,7-8H2,1-2H3,(H,14,15). The molecule has 2 N–H and O–H groups in total. The Bertz CT molecular complexity index is 512. The van der Waals surface area contributed by atoms with Crippen molar-refractivity contribution >= 4 is 15.7 Å². The maximum atomic E-state index is 11.8. The predicted octanol–water partition coefficient (Wildman–Crippen LogP) is 0.429. The van der Waals surface area contributed by atoms with Gasteiger partial charge in [0.15, 0.2) is 9.84 Å². The van der Waals surface area contributed by atoms with Crippen LogP contribution in [0.3, 0.4) is 0 Å². The summed E-state index contributed by atoms with van der Waals surface area (Å²) < 4.78 is 22.7. The van der Waals surface area contributed by atoms with Crippen LogP contribution in [-0.4, -0.2) is 40.2 Å². The van der Waals surface area contributed by atoms with E-state index in [0.29, 0.717) is 18.7 Å². The molecule has 18 heavy (non-hydrogen) atoms. The van der Waals surface area contributed by atoms with Gasteiger partial charge in [0.1, 0.15) is 0 Å². The largest absolute Gasteiger partial charge is 0.351 e. The van der Waals surface area contributed by atoms with E-state index in [9.17, 15) is 13.2 Å². The molecule has 0 heterocycles. The molecule has 100 valence electrons. The summed E-state index contributed by atoms with van der Waals surface area (Å²) in [6, 6.07) is 6.02. The summed E-state index contributed by atoms with van der Waals surface area (Å²) in [6.07, 6.45) is 1.12. The lowest BCUT2D eigenvalue weighted by Crippen LogP contribution is -2.31. The van der Waals surface area contributed by atoms with Crippen LogP contribution in [0.4, 0.5) is 0 Å². The topological polar surface area (TPSA) is 75.3 Å². The first-order valence-corrected chi connectivity index (χ1v) is 7.63. The minimum atomic E-state index is -3.28. The highest BCUT2D eigenvalue weighted by molar-refractivity contribution is 7.90. The third-order valence-electron chi connectivity index (χ3n) is 2.36. The number of carbonyl (C=O) groups excluding carboxylic acids is 1. The Kier molecular flexibility index (Phi) is 5.30. The molecule has 0 aliphatic heterocycles. The molecule has 0 bridgehead atoms. The van der Waals surface area contributed by atoms with Crippen molar-refractivity contribution in [3.63, 3.8) is 0 Å². The molecule has 1 aromatic carbocycles. The van der Waals surface area contributed by atoms with Crippen molar-refractivity contribution in [1.29, 1.82) is 0 Å². The molecule has 0 saturated carbocycles. The second kappa shape index (κ2) is 6.51. The van der Waals surface area contributed by atoms with Gasteiger partial charge in [-0.25, -0.2) is 8.42 Å². The highest BCUT2D eigenvalue weighted by Gasteiger charge is 2.10. The van der Waals surface area contributed by atoms with Crippen molar-refractivity contribution in [2.45, 2.75) is 11.8 Å². The number of nitrogens with one attached hydrogen (secondary N) is 2. The van der Waals surface area contributed by atoms with Crippen molar-refractivity contribution in [2.75, 3.05) is 25.9 Å². The Morgan fingerprint density at radius 2 is 2.00 bits per heavy atom. The van der Waals surface area contributed by atoms with E-state index in [4.69, 9.17) is 0 Å². The second-order valence-electron chi connectivity index (χ2n) is 3.91. The van der Waals surface area contributed by atoms with Crippen LogP contribution < -0.4 is 10.6 Å². The number of carbonyl (C=O) groups is 1. The highest BCUT2D eigenvalue weighted by atomic mass is 32.2. The van der Waals surface area contributed by atoms with Gasteiger partial charge in [-0.1, -0.05) is 13.0 Å². The van der Waals surface area contributed by atoms with Gasteiger partial charge in [-0.2, -0.15) is 0 Å². The smallest absolute Gasteiger partial charge is 0.251 e. The molecule has 5 nitrogen and oxygen atoms in total. The monoisotopic (exact) mass is 270 g/mol. The molecule has 0 saturated heterocycles. The average Bonchev–Trinajstić information content (AvgIpc) is 2.33. The summed E-state index contributed by atoms with van der Waals surface area (Å²) in [6.45, 7) is 4.03. The van der Waals surface area contributed by atoms with Crippen molar-refractivity contribution in [1.82, 2.24) is 10.6 Å². The number of benzene rings is 1. The summed E-state index contributed by atoms with van der Waals surface area (Å²) in [5.74, 6) is -0.265. The normalized spacial score (nSPS) is 11.2. The molecule has 0 fully saturated rings. The summed E-state index contributed by atoms with van der Waals surface area (Å²) in [7, 11) is -3.28. The molecular formula is C12H18N2O3S. The van der Waals surface area contributed by atoms with Crippen LogP contribution in [0.1, 0.15) is 17.3 Å². The van der Waals surface area contributed by atoms with Crippen LogP contribution in [0.25, 0.3) is 0 Å². The third kappa shape index (κ3) is 4.46. The van der Waals surface area contributed by atoms with E-state index in [0.717, 1.165) is 12.8 Å². The number of rotatable bonds is 6. The fraction of sp³-hybridized carbons (Fsp3) is 0.417. The molecular weight excluding hydrogens is 252 g/mol. The Morgan fingerprint density at radius 1 is 1.28 bits per heavy atom. The Morgan fingerprint density at radius 3 is 2.61 bits per heavy atom. The van der Waals surface area contributed by atoms with Crippen LogP contribution in [0.5, 0.6) is 0 Å². The zero-order valence-corrected chi connectivity index (χ0v) is 11.4. The third-order valence-corrected chi connectivity index (χ3v) is 3.47. The molecule has 1 amide bonds. The first-order valence-electron chi connectivity index (χ1n) is 5.74. The Balaban J connectivity index is 2.69. The molecule has 6 heteroatoms. The van der Waals surface area contributed by atoms with Gasteiger partial charge in [0.2, 0.25) is 0 Å². The Labute approximate surface area is 108 Å². The predicted molar refractivity (Wildman–Crippen MR) is 70.4 cm³/mol. The second-order valence-corrected chi connectivity index (χ2v) is 5.93. The summed E-state index contributed by atoms with van der Waals surface area (Å²) in [5.41, 5.74) is 0.356. The Hall–Kier alpha value is -1.40. The minimum absolute atomic E-state index is 0.154. The van der Waals surface area contributed by atoms with E-state index in [1.165, 1.54) is 12.1 Å². The van der Waals surface area contributed by atoms with Gasteiger partial charge in [-0.3, -0.25) is 4.79 Å². The van der Waals surface area contributed by atoms with Gasteiger partial charge in [0.05, 0.1) is 4.90 Å². The molecule has 1 rings (SSSR count). The van der Waals surface area contributed by atoms with Crippen molar-refractivity contribution < 1.29 is 13.2 Å². The van der Waals surface area contributed by atoms with Gasteiger partial charge in [-0.15, -0.1) is 0 Å². The van der Waals surface area contributed by atoms with E-state index in [1.54, 1.807) is 12.1 Å². The van der Waals surface area contributed by atoms with E-state index < -0.39 is 9.84 Å². The quantitative estimate of drug-likeness (QED) is 0.735. The maximum absolute atomic E-state index is 11.8. The minimum Gasteiger partial charge on any atom is -0.351 e. The average molecular weight is 270 g/mol. The van der Waals surface area contributed by atoms with E-state index in [1.807, 2.05) is 6.92 Å². The summed E-state index contributed by atoms with van der Waals surface area (Å²) >= 11 is 0. The molecule has 0 aromatic heterocycles. The number of hydrogen-bond donors (Lipinski definition) is 2. The fourth-order valence-corrected chi connectivity index (χ4v) is 2.08. The van der Waals surface area contributed by atoms with E-state index >= 15 is 0 Å². The van der Waals surface area contributed by atoms with Crippen molar-refractivity contribution in [3.8, 4) is 0 Å². The van der Waals surface area contributed by atoms with Crippen molar-refractivity contribution in [3.05, 3.63) is 29.8 Å². The number of likely N-dealkylation sites (N-methyl/N-ethyl adjacent to an activating group) is 1. The highest BCUT2D eigenvalue weighted by Crippen LogP contribution is 2.11. The summed E-state index contributed by atoms with van der Waals surface area (Å²) in [4.78, 5) is 11.9. The van der Waals surface area contributed by atoms with Crippen LogP contribution in [0.15, 0.2) is 29.2 Å². The lowest BCUT2D eigenvalue weighted by Gasteiger charge is -2.06. The first-order chi connectivity index (χ1) is 8.45.